The number of methoxy groups -OCH3 is 1. The van der Waals surface area contributed by atoms with Crippen LogP contribution in [0.15, 0.2) is 42.5 Å². The fourth-order valence-corrected chi connectivity index (χ4v) is 3.51. The Hall–Kier alpha value is -2.53. The first-order valence-corrected chi connectivity index (χ1v) is 9.45. The average Bonchev–Trinajstić information content (AvgIpc) is 2.72. The Balaban J connectivity index is 1.84. The van der Waals surface area contributed by atoms with Crippen molar-refractivity contribution in [3.8, 4) is 0 Å². The monoisotopic (exact) mass is 386 g/mol. The molecule has 1 saturated heterocycles. The number of aldehydes is 1. The van der Waals surface area contributed by atoms with E-state index in [-0.39, 0.29) is 0 Å². The first-order chi connectivity index (χ1) is 13.1. The van der Waals surface area contributed by atoms with E-state index < -0.39 is 12.0 Å². The minimum Gasteiger partial charge on any atom is -0.465 e. The van der Waals surface area contributed by atoms with E-state index in [1.165, 1.54) is 13.5 Å². The molecule has 1 aliphatic rings. The SMILES string of the molecule is COC(=O)c1ccc(C(C=O)Nc2cc(Cl)ccc2N2CCCCC2)cc1. The van der Waals surface area contributed by atoms with Crippen molar-refractivity contribution < 1.29 is 14.3 Å². The molecule has 0 bridgehead atoms. The van der Waals surface area contributed by atoms with Crippen molar-refractivity contribution in [2.24, 2.45) is 0 Å². The minimum atomic E-state index is -0.543. The van der Waals surface area contributed by atoms with Crippen molar-refractivity contribution in [3.05, 3.63) is 58.6 Å². The van der Waals surface area contributed by atoms with Crippen LogP contribution >= 0.6 is 11.6 Å². The molecule has 1 heterocycles. The highest BCUT2D eigenvalue weighted by atomic mass is 35.5. The third kappa shape index (κ3) is 4.61. The highest BCUT2D eigenvalue weighted by Crippen LogP contribution is 2.33. The molecule has 0 amide bonds. The second-order valence-electron chi connectivity index (χ2n) is 6.58. The van der Waals surface area contributed by atoms with Crippen molar-refractivity contribution in [1.29, 1.82) is 0 Å². The standard InChI is InChI=1S/C21H23ClN2O3/c1-27-21(26)16-7-5-15(6-8-16)19(14-25)23-18-13-17(22)9-10-20(18)24-11-3-2-4-12-24/h5-10,13-14,19,23H,2-4,11-12H2,1H3. The summed E-state index contributed by atoms with van der Waals surface area (Å²) in [5.74, 6) is -0.403. The lowest BCUT2D eigenvalue weighted by atomic mass is 10.0. The Bertz CT molecular complexity index is 802. The highest BCUT2D eigenvalue weighted by molar-refractivity contribution is 6.31. The third-order valence-corrected chi connectivity index (χ3v) is 5.03. The molecule has 1 unspecified atom stereocenters. The lowest BCUT2D eigenvalue weighted by Gasteiger charge is -2.31. The number of nitrogens with zero attached hydrogens (tertiary/aromatic N) is 1. The normalized spacial score (nSPS) is 15.1. The zero-order valence-corrected chi connectivity index (χ0v) is 16.0. The van der Waals surface area contributed by atoms with Crippen LogP contribution < -0.4 is 10.2 Å². The second kappa shape index (κ2) is 8.91. The Morgan fingerprint density at radius 1 is 1.15 bits per heavy atom. The van der Waals surface area contributed by atoms with E-state index in [2.05, 4.69) is 10.2 Å². The van der Waals surface area contributed by atoms with Crippen molar-refractivity contribution >= 4 is 35.2 Å². The predicted molar refractivity (Wildman–Crippen MR) is 108 cm³/mol. The van der Waals surface area contributed by atoms with E-state index in [1.807, 2.05) is 18.2 Å². The summed E-state index contributed by atoms with van der Waals surface area (Å²) in [6, 6.07) is 12.0. The lowest BCUT2D eigenvalue weighted by molar-refractivity contribution is -0.108. The van der Waals surface area contributed by atoms with E-state index in [4.69, 9.17) is 16.3 Å². The van der Waals surface area contributed by atoms with Gasteiger partial charge in [-0.1, -0.05) is 23.7 Å². The number of carbonyl (C=O) groups excluding carboxylic acids is 2. The number of benzene rings is 2. The predicted octanol–water partition coefficient (Wildman–Crippen LogP) is 4.47. The molecule has 27 heavy (non-hydrogen) atoms. The van der Waals surface area contributed by atoms with E-state index in [1.54, 1.807) is 24.3 Å². The largest absolute Gasteiger partial charge is 0.465 e. The molecule has 1 N–H and O–H groups in total. The van der Waals surface area contributed by atoms with E-state index in [9.17, 15) is 9.59 Å². The third-order valence-electron chi connectivity index (χ3n) is 4.79. The number of piperidine rings is 1. The summed E-state index contributed by atoms with van der Waals surface area (Å²) >= 11 is 6.20. The second-order valence-corrected chi connectivity index (χ2v) is 7.02. The molecule has 1 atom stereocenters. The molecule has 0 spiro atoms. The number of nitrogens with one attached hydrogen (secondary N) is 1. The van der Waals surface area contributed by atoms with Gasteiger partial charge in [0.1, 0.15) is 12.3 Å². The fourth-order valence-electron chi connectivity index (χ4n) is 3.34. The smallest absolute Gasteiger partial charge is 0.337 e. The molecule has 0 saturated carbocycles. The molecule has 2 aromatic rings. The van der Waals surface area contributed by atoms with Gasteiger partial charge in [-0.25, -0.2) is 4.79 Å². The van der Waals surface area contributed by atoms with Gasteiger partial charge in [-0.2, -0.15) is 0 Å². The molecule has 2 aromatic carbocycles. The van der Waals surface area contributed by atoms with Gasteiger partial charge in [-0.05, 0) is 55.2 Å². The minimum absolute atomic E-state index is 0.403. The summed E-state index contributed by atoms with van der Waals surface area (Å²) < 4.78 is 4.71. The van der Waals surface area contributed by atoms with Gasteiger partial charge in [0.2, 0.25) is 0 Å². The fraction of sp³-hybridized carbons (Fsp3) is 0.333. The maximum atomic E-state index is 11.8. The topological polar surface area (TPSA) is 58.6 Å². The van der Waals surface area contributed by atoms with Crippen LogP contribution in [-0.2, 0) is 9.53 Å². The van der Waals surface area contributed by atoms with Gasteiger partial charge in [0, 0.05) is 18.1 Å². The first-order valence-electron chi connectivity index (χ1n) is 9.07. The van der Waals surface area contributed by atoms with Crippen LogP contribution in [0.2, 0.25) is 5.02 Å². The number of esters is 1. The van der Waals surface area contributed by atoms with Gasteiger partial charge in [0.25, 0.3) is 0 Å². The molecule has 142 valence electrons. The van der Waals surface area contributed by atoms with Gasteiger partial charge in [0.15, 0.2) is 0 Å². The first kappa shape index (κ1) is 19.2. The summed E-state index contributed by atoms with van der Waals surface area (Å²) in [4.78, 5) is 25.7. The molecule has 0 aliphatic carbocycles. The van der Waals surface area contributed by atoms with Crippen LogP contribution in [0, 0.1) is 0 Å². The van der Waals surface area contributed by atoms with Gasteiger partial charge >= 0.3 is 5.97 Å². The van der Waals surface area contributed by atoms with Gasteiger partial charge in [0.05, 0.1) is 24.0 Å². The van der Waals surface area contributed by atoms with Gasteiger partial charge in [-0.3, -0.25) is 0 Å². The summed E-state index contributed by atoms with van der Waals surface area (Å²) in [7, 11) is 1.34. The molecule has 0 aromatic heterocycles. The van der Waals surface area contributed by atoms with Crippen molar-refractivity contribution in [3.63, 3.8) is 0 Å². The quantitative estimate of drug-likeness (QED) is 0.586. The summed E-state index contributed by atoms with van der Waals surface area (Å²) in [5.41, 5.74) is 3.10. The van der Waals surface area contributed by atoms with Crippen LogP contribution in [-0.4, -0.2) is 32.5 Å². The molecule has 1 aliphatic heterocycles. The molecule has 1 fully saturated rings. The summed E-state index contributed by atoms with van der Waals surface area (Å²) in [6.07, 6.45) is 4.42. The van der Waals surface area contributed by atoms with Crippen LogP contribution in [0.1, 0.15) is 41.2 Å². The average molecular weight is 387 g/mol. The lowest BCUT2D eigenvalue weighted by Crippen LogP contribution is -2.30. The summed E-state index contributed by atoms with van der Waals surface area (Å²) in [5, 5.41) is 3.92. The van der Waals surface area contributed by atoms with Crippen molar-refractivity contribution in [2.75, 3.05) is 30.4 Å². The van der Waals surface area contributed by atoms with Crippen molar-refractivity contribution in [2.45, 2.75) is 25.3 Å². The Morgan fingerprint density at radius 3 is 2.48 bits per heavy atom. The molecule has 5 nitrogen and oxygen atoms in total. The molecule has 0 radical (unpaired) electrons. The van der Waals surface area contributed by atoms with E-state index in [0.717, 1.165) is 49.2 Å². The maximum Gasteiger partial charge on any atom is 0.337 e. The number of anilines is 2. The molecular weight excluding hydrogens is 364 g/mol. The molecule has 6 heteroatoms. The zero-order chi connectivity index (χ0) is 19.2. The van der Waals surface area contributed by atoms with Crippen LogP contribution in [0.25, 0.3) is 0 Å². The Kier molecular flexibility index (Phi) is 6.35. The van der Waals surface area contributed by atoms with Gasteiger partial charge in [-0.15, -0.1) is 0 Å². The number of carbonyl (C=O) groups is 2. The highest BCUT2D eigenvalue weighted by Gasteiger charge is 2.18. The zero-order valence-electron chi connectivity index (χ0n) is 15.3. The molecule has 3 rings (SSSR count). The Labute approximate surface area is 164 Å². The number of hydrogen-bond donors (Lipinski definition) is 1. The Morgan fingerprint density at radius 2 is 1.85 bits per heavy atom. The molecular formula is C21H23ClN2O3. The van der Waals surface area contributed by atoms with Crippen LogP contribution in [0.4, 0.5) is 11.4 Å². The van der Waals surface area contributed by atoms with Crippen molar-refractivity contribution in [1.82, 2.24) is 0 Å². The van der Waals surface area contributed by atoms with Crippen LogP contribution in [0.3, 0.4) is 0 Å². The van der Waals surface area contributed by atoms with E-state index >= 15 is 0 Å². The maximum absolute atomic E-state index is 11.8. The number of ether oxygens (including phenoxy) is 1. The van der Waals surface area contributed by atoms with Gasteiger partial charge < -0.3 is 19.7 Å². The van der Waals surface area contributed by atoms with Crippen LogP contribution in [0.5, 0.6) is 0 Å². The number of rotatable bonds is 6. The van der Waals surface area contributed by atoms with E-state index in [0.29, 0.717) is 10.6 Å². The number of hydrogen-bond acceptors (Lipinski definition) is 5. The summed E-state index contributed by atoms with van der Waals surface area (Å²) in [6.45, 7) is 1.99. The number of halogens is 1.